The molecule has 44 heavy (non-hydrogen) atoms. The lowest BCUT2D eigenvalue weighted by atomic mass is 9.88. The van der Waals surface area contributed by atoms with E-state index in [1.54, 1.807) is 0 Å². The van der Waals surface area contributed by atoms with Crippen molar-refractivity contribution < 1.29 is 4.74 Å². The third-order valence-corrected chi connectivity index (χ3v) is 9.34. The molecule has 2 heteroatoms. The number of benzene rings is 8. The minimum Gasteiger partial charge on any atom is -0.456 e. The van der Waals surface area contributed by atoms with Crippen LogP contribution in [0.4, 0.5) is 0 Å². The molecule has 1 aliphatic rings. The van der Waals surface area contributed by atoms with Gasteiger partial charge in [-0.15, -0.1) is 0 Å². The predicted molar refractivity (Wildman–Crippen MR) is 184 cm³/mol. The maximum absolute atomic E-state index is 6.47. The van der Waals surface area contributed by atoms with Crippen LogP contribution in [0.2, 0.25) is 0 Å². The summed E-state index contributed by atoms with van der Waals surface area (Å²) in [6.45, 7) is 0. The average Bonchev–Trinajstić information content (AvgIpc) is 3.45. The Labute approximate surface area is 254 Å². The molecule has 204 valence electrons. The van der Waals surface area contributed by atoms with Gasteiger partial charge in [0.05, 0.1) is 11.0 Å². The third-order valence-electron chi connectivity index (χ3n) is 9.34. The number of hydrogen-bond acceptors (Lipinski definition) is 1. The van der Waals surface area contributed by atoms with Crippen LogP contribution in [0, 0.1) is 0 Å². The van der Waals surface area contributed by atoms with E-state index >= 15 is 0 Å². The van der Waals surface area contributed by atoms with Gasteiger partial charge in [-0.25, -0.2) is 0 Å². The number of aromatic nitrogens is 1. The molecule has 10 rings (SSSR count). The van der Waals surface area contributed by atoms with Crippen LogP contribution in [0.25, 0.3) is 82.1 Å². The Balaban J connectivity index is 1.43. The molecule has 0 aliphatic carbocycles. The highest BCUT2D eigenvalue weighted by Gasteiger charge is 2.25. The van der Waals surface area contributed by atoms with Crippen molar-refractivity contribution >= 4 is 54.1 Å². The molecule has 0 saturated carbocycles. The van der Waals surface area contributed by atoms with Crippen LogP contribution in [0.1, 0.15) is 0 Å². The largest absolute Gasteiger partial charge is 0.456 e. The zero-order chi connectivity index (χ0) is 28.8. The van der Waals surface area contributed by atoms with Gasteiger partial charge in [-0.2, -0.15) is 0 Å². The summed E-state index contributed by atoms with van der Waals surface area (Å²) in [6, 6.07) is 54.8. The Morgan fingerprint density at radius 3 is 1.95 bits per heavy atom. The van der Waals surface area contributed by atoms with Crippen molar-refractivity contribution in [3.8, 4) is 39.4 Å². The van der Waals surface area contributed by atoms with Gasteiger partial charge in [-0.05, 0) is 63.2 Å². The second-order valence-corrected chi connectivity index (χ2v) is 11.7. The second-order valence-electron chi connectivity index (χ2n) is 11.7. The highest BCUT2D eigenvalue weighted by molar-refractivity contribution is 6.29. The predicted octanol–water partition coefficient (Wildman–Crippen LogP) is 11.7. The molecule has 0 bridgehead atoms. The lowest BCUT2D eigenvalue weighted by Crippen LogP contribution is -1.98. The summed E-state index contributed by atoms with van der Waals surface area (Å²) in [6.07, 6.45) is 0. The van der Waals surface area contributed by atoms with Crippen LogP contribution in [-0.4, -0.2) is 4.57 Å². The zero-order valence-electron chi connectivity index (χ0n) is 23.8. The molecule has 9 aromatic rings. The first-order chi connectivity index (χ1) is 21.8. The molecule has 0 spiro atoms. The summed E-state index contributed by atoms with van der Waals surface area (Å²) in [5.41, 5.74) is 8.43. The van der Waals surface area contributed by atoms with E-state index in [4.69, 9.17) is 4.74 Å². The first-order valence-corrected chi connectivity index (χ1v) is 15.1. The Kier molecular flexibility index (Phi) is 4.75. The first-order valence-electron chi connectivity index (χ1n) is 15.1. The van der Waals surface area contributed by atoms with Gasteiger partial charge in [-0.3, -0.25) is 0 Å². The summed E-state index contributed by atoms with van der Waals surface area (Å²) in [4.78, 5) is 0. The Bertz CT molecular complexity index is 2630. The molecule has 0 radical (unpaired) electrons. The van der Waals surface area contributed by atoms with Gasteiger partial charge >= 0.3 is 0 Å². The highest BCUT2D eigenvalue weighted by atomic mass is 16.5. The quantitative estimate of drug-likeness (QED) is 0.205. The topological polar surface area (TPSA) is 14.2 Å². The number of rotatable bonds is 2. The lowest BCUT2D eigenvalue weighted by Gasteiger charge is -2.23. The highest BCUT2D eigenvalue weighted by Crippen LogP contribution is 2.51. The lowest BCUT2D eigenvalue weighted by molar-refractivity contribution is 0.487. The van der Waals surface area contributed by atoms with E-state index in [0.29, 0.717) is 0 Å². The molecule has 0 saturated heterocycles. The monoisotopic (exact) mass is 559 g/mol. The van der Waals surface area contributed by atoms with Crippen molar-refractivity contribution in [2.45, 2.75) is 0 Å². The molecule has 0 unspecified atom stereocenters. The number of ether oxygens (including phenoxy) is 1. The number of para-hydroxylation sites is 2. The minimum absolute atomic E-state index is 0.908. The van der Waals surface area contributed by atoms with Gasteiger partial charge in [0, 0.05) is 38.2 Å². The van der Waals surface area contributed by atoms with E-state index in [0.717, 1.165) is 22.7 Å². The normalized spacial score (nSPS) is 12.3. The summed E-state index contributed by atoms with van der Waals surface area (Å²) >= 11 is 0. The van der Waals surface area contributed by atoms with Gasteiger partial charge in [0.1, 0.15) is 11.5 Å². The second kappa shape index (κ2) is 8.82. The number of hydrogen-bond donors (Lipinski definition) is 0. The molecule has 0 atom stereocenters. The number of fused-ring (bicyclic) bond motifs is 9. The van der Waals surface area contributed by atoms with Gasteiger partial charge in [0.25, 0.3) is 0 Å². The summed E-state index contributed by atoms with van der Waals surface area (Å²) < 4.78 is 8.96. The van der Waals surface area contributed by atoms with Crippen molar-refractivity contribution in [3.63, 3.8) is 0 Å². The molecule has 8 aromatic carbocycles. The summed E-state index contributed by atoms with van der Waals surface area (Å²) in [5, 5.41) is 9.85. The van der Waals surface area contributed by atoms with Crippen LogP contribution in [0.3, 0.4) is 0 Å². The Hall–Kier alpha value is -5.86. The maximum atomic E-state index is 6.47. The van der Waals surface area contributed by atoms with Gasteiger partial charge in [0.2, 0.25) is 0 Å². The van der Waals surface area contributed by atoms with Crippen LogP contribution < -0.4 is 4.74 Å². The van der Waals surface area contributed by atoms with Gasteiger partial charge in [-0.1, -0.05) is 121 Å². The van der Waals surface area contributed by atoms with E-state index in [-0.39, 0.29) is 0 Å². The fraction of sp³-hybridized carbons (Fsp3) is 0. The summed E-state index contributed by atoms with van der Waals surface area (Å²) in [5.74, 6) is 1.82. The van der Waals surface area contributed by atoms with Crippen LogP contribution in [0.5, 0.6) is 11.5 Å². The molecule has 1 aromatic heterocycles. The zero-order valence-corrected chi connectivity index (χ0v) is 23.8. The molecule has 1 aliphatic heterocycles. The van der Waals surface area contributed by atoms with Crippen molar-refractivity contribution in [2.75, 3.05) is 0 Å². The van der Waals surface area contributed by atoms with Crippen molar-refractivity contribution in [1.29, 1.82) is 0 Å². The number of nitrogens with zero attached hydrogens (tertiary/aromatic N) is 1. The first kappa shape index (κ1) is 23.7. The van der Waals surface area contributed by atoms with E-state index in [2.05, 4.69) is 150 Å². The third kappa shape index (κ3) is 3.14. The maximum Gasteiger partial charge on any atom is 0.135 e. The van der Waals surface area contributed by atoms with E-state index in [1.165, 1.54) is 70.8 Å². The van der Waals surface area contributed by atoms with E-state index < -0.39 is 0 Å². The van der Waals surface area contributed by atoms with Crippen LogP contribution in [-0.2, 0) is 0 Å². The standard InChI is InChI=1S/C42H25NO/c1-2-13-28(14-3-1)43-41-29-15-6-4-11-26(29)21-22-35(41)40-36(25-27-12-5-7-16-30(27)42(40)43)31-23-24-38-39-33(31)18-10-19-34(39)32-17-8-9-20-37(32)44-38/h1-25H. The average molecular weight is 560 g/mol. The van der Waals surface area contributed by atoms with E-state index in [9.17, 15) is 0 Å². The fourth-order valence-electron chi connectivity index (χ4n) is 7.51. The Morgan fingerprint density at radius 2 is 1.07 bits per heavy atom. The van der Waals surface area contributed by atoms with Crippen molar-refractivity contribution in [2.24, 2.45) is 0 Å². The minimum atomic E-state index is 0.908. The molecule has 2 nitrogen and oxygen atoms in total. The summed E-state index contributed by atoms with van der Waals surface area (Å²) in [7, 11) is 0. The van der Waals surface area contributed by atoms with Crippen molar-refractivity contribution in [1.82, 2.24) is 4.57 Å². The molecule has 0 N–H and O–H groups in total. The smallest absolute Gasteiger partial charge is 0.135 e. The molecular formula is C42H25NO. The fourth-order valence-corrected chi connectivity index (χ4v) is 7.51. The van der Waals surface area contributed by atoms with Crippen LogP contribution >= 0.6 is 0 Å². The van der Waals surface area contributed by atoms with Crippen molar-refractivity contribution in [3.05, 3.63) is 152 Å². The van der Waals surface area contributed by atoms with E-state index in [1.807, 2.05) is 6.07 Å². The van der Waals surface area contributed by atoms with Gasteiger partial charge in [0.15, 0.2) is 0 Å². The van der Waals surface area contributed by atoms with Gasteiger partial charge < -0.3 is 9.30 Å². The Morgan fingerprint density at radius 1 is 0.364 bits per heavy atom. The molecule has 0 fully saturated rings. The SMILES string of the molecule is c1ccc(-n2c3c4ccccc4ccc3c3c(-c4ccc5c6c(cccc46)-c4ccccc4O5)cc4ccccc4c32)cc1. The van der Waals surface area contributed by atoms with Crippen LogP contribution in [0.15, 0.2) is 152 Å². The molecule has 0 amide bonds. The molecule has 2 heterocycles. The molecular weight excluding hydrogens is 534 g/mol.